The van der Waals surface area contributed by atoms with Gasteiger partial charge in [-0.25, -0.2) is 0 Å². The molecule has 0 aliphatic rings. The van der Waals surface area contributed by atoms with E-state index in [2.05, 4.69) is 15.5 Å². The van der Waals surface area contributed by atoms with Crippen molar-refractivity contribution in [3.8, 4) is 11.5 Å². The van der Waals surface area contributed by atoms with Crippen molar-refractivity contribution < 1.29 is 14.1 Å². The summed E-state index contributed by atoms with van der Waals surface area (Å²) >= 11 is 11.7. The zero-order valence-electron chi connectivity index (χ0n) is 12.3. The van der Waals surface area contributed by atoms with Crippen LogP contribution in [0.15, 0.2) is 46.9 Å². The zero-order chi connectivity index (χ0) is 18.0. The average Bonchev–Trinajstić information content (AvgIpc) is 3.03. The lowest BCUT2D eigenvalue weighted by atomic mass is 10.2. The van der Waals surface area contributed by atoms with Crippen molar-refractivity contribution in [2.45, 2.75) is 0 Å². The van der Waals surface area contributed by atoms with Gasteiger partial charge in [-0.3, -0.25) is 20.2 Å². The highest BCUT2D eigenvalue weighted by atomic mass is 35.5. The minimum atomic E-state index is -0.541. The smallest absolute Gasteiger partial charge is 0.322 e. The number of nitrogens with zero attached hydrogens (tertiary/aromatic N) is 3. The molecule has 1 aromatic heterocycles. The lowest BCUT2D eigenvalue weighted by Crippen LogP contribution is -2.12. The van der Waals surface area contributed by atoms with Gasteiger partial charge in [0.1, 0.15) is 0 Å². The first-order valence-corrected chi connectivity index (χ1v) is 7.54. The molecular formula is C15H8Cl2N4O4. The summed E-state index contributed by atoms with van der Waals surface area (Å²) in [5, 5.41) is 21.2. The van der Waals surface area contributed by atoms with E-state index in [4.69, 9.17) is 27.6 Å². The number of hydrogen-bond acceptors (Lipinski definition) is 6. The van der Waals surface area contributed by atoms with Crippen molar-refractivity contribution in [3.63, 3.8) is 0 Å². The number of amides is 1. The van der Waals surface area contributed by atoms with Crippen LogP contribution in [0.5, 0.6) is 0 Å². The highest BCUT2D eigenvalue weighted by Gasteiger charge is 2.16. The number of carbonyl (C=O) groups excluding carboxylic acids is 1. The Hall–Kier alpha value is -2.97. The highest BCUT2D eigenvalue weighted by Crippen LogP contribution is 2.24. The first-order valence-electron chi connectivity index (χ1n) is 6.79. The van der Waals surface area contributed by atoms with E-state index in [1.54, 1.807) is 0 Å². The molecule has 8 nitrogen and oxygen atoms in total. The Morgan fingerprint density at radius 1 is 1.12 bits per heavy atom. The summed E-state index contributed by atoms with van der Waals surface area (Å²) in [5.74, 6) is -0.437. The van der Waals surface area contributed by atoms with Crippen molar-refractivity contribution >= 4 is 40.8 Å². The van der Waals surface area contributed by atoms with Crippen LogP contribution in [-0.4, -0.2) is 21.0 Å². The summed E-state index contributed by atoms with van der Waals surface area (Å²) in [4.78, 5) is 22.3. The first kappa shape index (κ1) is 16.9. The van der Waals surface area contributed by atoms with Gasteiger partial charge in [0.05, 0.1) is 15.5 Å². The van der Waals surface area contributed by atoms with E-state index in [-0.39, 0.29) is 28.2 Å². The molecule has 0 saturated heterocycles. The number of hydrogen-bond donors (Lipinski definition) is 1. The molecule has 126 valence electrons. The summed E-state index contributed by atoms with van der Waals surface area (Å²) in [6.45, 7) is 0. The predicted molar refractivity (Wildman–Crippen MR) is 90.8 cm³/mol. The van der Waals surface area contributed by atoms with E-state index in [1.807, 2.05) is 0 Å². The van der Waals surface area contributed by atoms with Crippen LogP contribution in [0.3, 0.4) is 0 Å². The number of carbonyl (C=O) groups is 1. The van der Waals surface area contributed by atoms with Gasteiger partial charge in [-0.05, 0) is 30.3 Å². The van der Waals surface area contributed by atoms with E-state index in [1.165, 1.54) is 42.5 Å². The van der Waals surface area contributed by atoms with Crippen molar-refractivity contribution in [1.82, 2.24) is 10.2 Å². The second-order valence-corrected chi connectivity index (χ2v) is 5.64. The van der Waals surface area contributed by atoms with Crippen LogP contribution >= 0.6 is 23.2 Å². The molecule has 1 N–H and O–H groups in total. The molecule has 0 aliphatic heterocycles. The molecule has 3 rings (SSSR count). The Morgan fingerprint density at radius 2 is 1.84 bits per heavy atom. The molecular weight excluding hydrogens is 371 g/mol. The molecule has 25 heavy (non-hydrogen) atoms. The monoisotopic (exact) mass is 378 g/mol. The van der Waals surface area contributed by atoms with Crippen LogP contribution in [0.4, 0.5) is 11.7 Å². The third-order valence-electron chi connectivity index (χ3n) is 3.15. The molecule has 0 saturated carbocycles. The average molecular weight is 379 g/mol. The topological polar surface area (TPSA) is 111 Å². The summed E-state index contributed by atoms with van der Waals surface area (Å²) in [6, 6.07) is 9.85. The Kier molecular flexibility index (Phi) is 4.64. The van der Waals surface area contributed by atoms with Gasteiger partial charge in [0.15, 0.2) is 0 Å². The van der Waals surface area contributed by atoms with Crippen molar-refractivity contribution in [2.24, 2.45) is 0 Å². The van der Waals surface area contributed by atoms with E-state index in [0.717, 1.165) is 0 Å². The third kappa shape index (κ3) is 3.76. The Bertz CT molecular complexity index is 956. The van der Waals surface area contributed by atoms with Crippen molar-refractivity contribution in [1.29, 1.82) is 0 Å². The van der Waals surface area contributed by atoms with Gasteiger partial charge in [-0.15, -0.1) is 5.10 Å². The Morgan fingerprint density at radius 3 is 2.48 bits per heavy atom. The Labute approximate surface area is 150 Å². The summed E-state index contributed by atoms with van der Waals surface area (Å²) in [5.41, 5.74) is 0.610. The fraction of sp³-hybridized carbons (Fsp3) is 0. The number of aromatic nitrogens is 2. The summed E-state index contributed by atoms with van der Waals surface area (Å²) < 4.78 is 5.33. The van der Waals surface area contributed by atoms with Crippen LogP contribution in [-0.2, 0) is 0 Å². The van der Waals surface area contributed by atoms with Gasteiger partial charge in [-0.2, -0.15) is 0 Å². The second-order valence-electron chi connectivity index (χ2n) is 4.79. The lowest BCUT2D eigenvalue weighted by molar-refractivity contribution is -0.384. The number of anilines is 1. The maximum Gasteiger partial charge on any atom is 0.322 e. The standard InChI is InChI=1S/C15H8Cl2N4O4/c16-9-3-6-11(12(17)7-9)13(22)18-15-20-19-14(25-15)8-1-4-10(5-2-8)21(23)24/h1-7H,(H,18,20,22). The molecule has 1 heterocycles. The van der Waals surface area contributed by atoms with Crippen LogP contribution in [0.1, 0.15) is 10.4 Å². The fourth-order valence-corrected chi connectivity index (χ4v) is 2.45. The van der Waals surface area contributed by atoms with Gasteiger partial charge < -0.3 is 4.42 Å². The first-order chi connectivity index (χ1) is 11.9. The SMILES string of the molecule is O=C(Nc1nnc(-c2ccc([N+](=O)[O-])cc2)o1)c1ccc(Cl)cc1Cl. The minimum Gasteiger partial charge on any atom is -0.403 e. The molecule has 0 bridgehead atoms. The normalized spacial score (nSPS) is 10.5. The van der Waals surface area contributed by atoms with Gasteiger partial charge in [0.25, 0.3) is 11.6 Å². The number of rotatable bonds is 4. The molecule has 1 amide bonds. The van der Waals surface area contributed by atoms with Gasteiger partial charge in [0, 0.05) is 22.7 Å². The zero-order valence-corrected chi connectivity index (χ0v) is 13.8. The van der Waals surface area contributed by atoms with Crippen LogP contribution in [0, 0.1) is 10.1 Å². The number of benzene rings is 2. The molecule has 2 aromatic carbocycles. The molecule has 0 aliphatic carbocycles. The maximum absolute atomic E-state index is 12.2. The van der Waals surface area contributed by atoms with E-state index in [0.29, 0.717) is 10.6 Å². The highest BCUT2D eigenvalue weighted by molar-refractivity contribution is 6.37. The lowest BCUT2D eigenvalue weighted by Gasteiger charge is -2.03. The molecule has 0 unspecified atom stereocenters. The number of non-ortho nitro benzene ring substituents is 1. The molecule has 3 aromatic rings. The maximum atomic E-state index is 12.2. The third-order valence-corrected chi connectivity index (χ3v) is 3.69. The molecule has 0 radical (unpaired) electrons. The predicted octanol–water partition coefficient (Wildman–Crippen LogP) is 4.20. The van der Waals surface area contributed by atoms with Crippen molar-refractivity contribution in [2.75, 3.05) is 5.32 Å². The largest absolute Gasteiger partial charge is 0.403 e. The van der Waals surface area contributed by atoms with Gasteiger partial charge in [0.2, 0.25) is 5.89 Å². The van der Waals surface area contributed by atoms with Crippen LogP contribution < -0.4 is 5.32 Å². The summed E-state index contributed by atoms with van der Waals surface area (Å²) in [6.07, 6.45) is 0. The minimum absolute atomic E-state index is 0.0610. The van der Waals surface area contributed by atoms with E-state index >= 15 is 0 Å². The summed E-state index contributed by atoms with van der Waals surface area (Å²) in [7, 11) is 0. The fourth-order valence-electron chi connectivity index (χ4n) is 1.95. The number of nitro groups is 1. The molecule has 10 heteroatoms. The van der Waals surface area contributed by atoms with Crippen molar-refractivity contribution in [3.05, 3.63) is 68.2 Å². The molecule has 0 atom stereocenters. The van der Waals surface area contributed by atoms with Gasteiger partial charge in [-0.1, -0.05) is 28.3 Å². The molecule has 0 fully saturated rings. The number of nitrogens with one attached hydrogen (secondary N) is 1. The van der Waals surface area contributed by atoms with Gasteiger partial charge >= 0.3 is 6.01 Å². The second kappa shape index (κ2) is 6.88. The Balaban J connectivity index is 1.77. The number of nitro benzene ring substituents is 1. The van der Waals surface area contributed by atoms with Crippen LogP contribution in [0.25, 0.3) is 11.5 Å². The quantitative estimate of drug-likeness (QED) is 0.537. The number of halogens is 2. The van der Waals surface area contributed by atoms with E-state index < -0.39 is 10.8 Å². The van der Waals surface area contributed by atoms with E-state index in [9.17, 15) is 14.9 Å². The molecule has 0 spiro atoms. The van der Waals surface area contributed by atoms with Crippen LogP contribution in [0.2, 0.25) is 10.0 Å².